The van der Waals surface area contributed by atoms with Gasteiger partial charge in [-0.15, -0.1) is 0 Å². The van der Waals surface area contributed by atoms with E-state index in [2.05, 4.69) is 15.9 Å². The second-order valence-corrected chi connectivity index (χ2v) is 10.00. The van der Waals surface area contributed by atoms with E-state index < -0.39 is 46.9 Å². The minimum atomic E-state index is -2.12. The van der Waals surface area contributed by atoms with Crippen LogP contribution < -0.4 is 14.4 Å². The van der Waals surface area contributed by atoms with E-state index in [-0.39, 0.29) is 16.8 Å². The molecule has 0 radical (unpaired) electrons. The molecule has 2 heterocycles. The molecule has 37 heavy (non-hydrogen) atoms. The average Bonchev–Trinajstić information content (AvgIpc) is 3.48. The quantitative estimate of drug-likeness (QED) is 0.348. The van der Waals surface area contributed by atoms with Gasteiger partial charge in [-0.05, 0) is 29.8 Å². The Hall–Kier alpha value is -3.82. The molecule has 2 saturated heterocycles. The van der Waals surface area contributed by atoms with E-state index in [9.17, 15) is 19.2 Å². The Balaban J connectivity index is 1.52. The summed E-state index contributed by atoms with van der Waals surface area (Å²) >= 11 is 3.40. The van der Waals surface area contributed by atoms with E-state index in [1.807, 2.05) is 0 Å². The average molecular weight is 562 g/mol. The summed E-state index contributed by atoms with van der Waals surface area (Å²) in [6, 6.07) is 18.1. The predicted molar refractivity (Wildman–Crippen MR) is 135 cm³/mol. The Kier molecular flexibility index (Phi) is 5.32. The molecule has 0 bridgehead atoms. The van der Waals surface area contributed by atoms with Crippen LogP contribution in [0.2, 0.25) is 0 Å². The smallest absolute Gasteiger partial charge is 0.241 e. The van der Waals surface area contributed by atoms with Gasteiger partial charge in [0.15, 0.2) is 11.5 Å². The molecule has 6 rings (SSSR count). The number of Topliss-reactive ketones (excluding diaryl/α,β-unsaturated/α-hetero) is 2. The zero-order valence-electron chi connectivity index (χ0n) is 19.8. The molecule has 3 atom stereocenters. The number of rotatable bonds is 4. The normalized spacial score (nSPS) is 23.5. The summed E-state index contributed by atoms with van der Waals surface area (Å²) in [5, 5.41) is 0. The Morgan fingerprint density at radius 3 is 2.03 bits per heavy atom. The molecule has 0 unspecified atom stereocenters. The van der Waals surface area contributed by atoms with E-state index in [0.29, 0.717) is 17.1 Å². The summed E-state index contributed by atoms with van der Waals surface area (Å²) in [7, 11) is 2.93. The molecule has 0 aromatic heterocycles. The standard InChI is InChI=1S/C28H20BrNO7/c1-35-19-12-11-16(13-20(19)36-2)30-26(33)21-22(27(30)34)28(37-23(21)14-7-9-15(29)10-8-14)24(31)17-5-3-4-6-18(17)25(28)32/h3-13,21-23H,1-2H3/t21-,22-,23-/m0/s1. The largest absolute Gasteiger partial charge is 0.493 e. The molecular weight excluding hydrogens is 542 g/mol. The molecule has 8 nitrogen and oxygen atoms in total. The van der Waals surface area contributed by atoms with Crippen molar-refractivity contribution in [3.8, 4) is 11.5 Å². The molecule has 1 aliphatic carbocycles. The van der Waals surface area contributed by atoms with E-state index in [0.717, 1.165) is 9.37 Å². The Morgan fingerprint density at radius 2 is 1.43 bits per heavy atom. The van der Waals surface area contributed by atoms with Gasteiger partial charge >= 0.3 is 0 Å². The van der Waals surface area contributed by atoms with Crippen LogP contribution in [0.25, 0.3) is 0 Å². The summed E-state index contributed by atoms with van der Waals surface area (Å²) in [4.78, 5) is 56.6. The minimum Gasteiger partial charge on any atom is -0.493 e. The lowest BCUT2D eigenvalue weighted by Gasteiger charge is -2.27. The number of hydrogen-bond acceptors (Lipinski definition) is 7. The Bertz CT molecular complexity index is 1460. The number of nitrogens with zero attached hydrogens (tertiary/aromatic N) is 1. The van der Waals surface area contributed by atoms with Crippen molar-refractivity contribution in [1.82, 2.24) is 0 Å². The molecule has 2 fully saturated rings. The number of imide groups is 1. The second-order valence-electron chi connectivity index (χ2n) is 9.08. The highest BCUT2D eigenvalue weighted by Crippen LogP contribution is 2.58. The predicted octanol–water partition coefficient (Wildman–Crippen LogP) is 4.16. The Morgan fingerprint density at radius 1 is 0.811 bits per heavy atom. The fourth-order valence-electron chi connectivity index (χ4n) is 5.69. The minimum absolute atomic E-state index is 0.188. The lowest BCUT2D eigenvalue weighted by Crippen LogP contribution is -2.51. The first-order chi connectivity index (χ1) is 17.8. The molecule has 3 aromatic carbocycles. The van der Waals surface area contributed by atoms with Gasteiger partial charge in [0.05, 0.1) is 37.8 Å². The lowest BCUT2D eigenvalue weighted by atomic mass is 9.77. The van der Waals surface area contributed by atoms with E-state index in [4.69, 9.17) is 14.2 Å². The number of ether oxygens (including phenoxy) is 3. The molecule has 2 amide bonds. The van der Waals surface area contributed by atoms with Crippen molar-refractivity contribution in [2.75, 3.05) is 19.1 Å². The summed E-state index contributed by atoms with van der Waals surface area (Å²) in [6.07, 6.45) is -0.984. The van der Waals surface area contributed by atoms with Crippen molar-refractivity contribution < 1.29 is 33.4 Å². The lowest BCUT2D eigenvalue weighted by molar-refractivity contribution is -0.127. The first-order valence-corrected chi connectivity index (χ1v) is 12.3. The highest BCUT2D eigenvalue weighted by Gasteiger charge is 2.74. The van der Waals surface area contributed by atoms with Crippen molar-refractivity contribution in [2.45, 2.75) is 11.7 Å². The zero-order chi connectivity index (χ0) is 26.1. The number of carbonyl (C=O) groups excluding carboxylic acids is 4. The van der Waals surface area contributed by atoms with E-state index in [1.54, 1.807) is 60.7 Å². The maximum Gasteiger partial charge on any atom is 0.241 e. The number of fused-ring (bicyclic) bond motifs is 3. The van der Waals surface area contributed by atoms with Gasteiger partial charge in [-0.2, -0.15) is 0 Å². The van der Waals surface area contributed by atoms with Gasteiger partial charge < -0.3 is 14.2 Å². The molecule has 3 aliphatic rings. The summed E-state index contributed by atoms with van der Waals surface area (Å²) < 4.78 is 17.7. The topological polar surface area (TPSA) is 99.2 Å². The maximum atomic E-state index is 14.0. The van der Waals surface area contributed by atoms with Crippen LogP contribution in [0.15, 0.2) is 71.2 Å². The van der Waals surface area contributed by atoms with Crippen LogP contribution in [0.3, 0.4) is 0 Å². The number of amides is 2. The number of ketones is 2. The van der Waals surface area contributed by atoms with Crippen molar-refractivity contribution in [3.63, 3.8) is 0 Å². The third-order valence-corrected chi connectivity index (χ3v) is 7.87. The van der Waals surface area contributed by atoms with Gasteiger partial charge in [-0.1, -0.05) is 52.3 Å². The van der Waals surface area contributed by atoms with Crippen LogP contribution in [0.5, 0.6) is 11.5 Å². The van der Waals surface area contributed by atoms with Crippen LogP contribution in [0, 0.1) is 11.8 Å². The summed E-state index contributed by atoms with van der Waals surface area (Å²) in [5.74, 6) is -4.07. The molecule has 2 aliphatic heterocycles. The number of hydrogen-bond donors (Lipinski definition) is 0. The van der Waals surface area contributed by atoms with Crippen molar-refractivity contribution in [1.29, 1.82) is 0 Å². The third-order valence-electron chi connectivity index (χ3n) is 7.34. The van der Waals surface area contributed by atoms with Gasteiger partial charge in [0, 0.05) is 21.7 Å². The van der Waals surface area contributed by atoms with Crippen LogP contribution in [0.4, 0.5) is 5.69 Å². The first-order valence-electron chi connectivity index (χ1n) is 11.5. The van der Waals surface area contributed by atoms with E-state index in [1.165, 1.54) is 20.3 Å². The zero-order valence-corrected chi connectivity index (χ0v) is 21.4. The van der Waals surface area contributed by atoms with Gasteiger partial charge in [-0.3, -0.25) is 19.2 Å². The molecule has 3 aromatic rings. The maximum absolute atomic E-state index is 14.0. The van der Waals surface area contributed by atoms with Gasteiger partial charge in [-0.25, -0.2) is 4.90 Å². The Labute approximate surface area is 220 Å². The van der Waals surface area contributed by atoms with Crippen LogP contribution >= 0.6 is 15.9 Å². The third kappa shape index (κ3) is 3.10. The summed E-state index contributed by atoms with van der Waals surface area (Å²) in [6.45, 7) is 0. The van der Waals surface area contributed by atoms with Crippen LogP contribution in [-0.2, 0) is 14.3 Å². The van der Waals surface area contributed by atoms with Crippen molar-refractivity contribution >= 4 is 45.0 Å². The molecular formula is C28H20BrNO7. The number of benzene rings is 3. The number of halogens is 1. The molecule has 1 spiro atoms. The van der Waals surface area contributed by atoms with Crippen molar-refractivity contribution in [2.24, 2.45) is 11.8 Å². The fourth-order valence-corrected chi connectivity index (χ4v) is 5.95. The number of anilines is 1. The highest BCUT2D eigenvalue weighted by molar-refractivity contribution is 9.10. The van der Waals surface area contributed by atoms with E-state index >= 15 is 0 Å². The molecule has 186 valence electrons. The monoisotopic (exact) mass is 561 g/mol. The number of methoxy groups -OCH3 is 2. The van der Waals surface area contributed by atoms with Gasteiger partial charge in [0.2, 0.25) is 29.0 Å². The van der Waals surface area contributed by atoms with Crippen molar-refractivity contribution in [3.05, 3.63) is 87.9 Å². The second kappa shape index (κ2) is 8.36. The SMILES string of the molecule is COc1ccc(N2C(=O)[C@H]3[C@@H](C2=O)C2(O[C@H]3c3ccc(Br)cc3)C(=O)c3ccccc3C2=O)cc1OC. The fraction of sp³-hybridized carbons (Fsp3) is 0.214. The highest BCUT2D eigenvalue weighted by atomic mass is 79.9. The first kappa shape index (κ1) is 23.6. The number of carbonyl (C=O) groups is 4. The van der Waals surface area contributed by atoms with Crippen LogP contribution in [-0.4, -0.2) is 43.2 Å². The molecule has 0 saturated carbocycles. The molecule has 0 N–H and O–H groups in total. The van der Waals surface area contributed by atoms with Gasteiger partial charge in [0.1, 0.15) is 0 Å². The molecule has 9 heteroatoms. The van der Waals surface area contributed by atoms with Gasteiger partial charge in [0.25, 0.3) is 0 Å². The van der Waals surface area contributed by atoms with Crippen LogP contribution in [0.1, 0.15) is 32.4 Å². The summed E-state index contributed by atoms with van der Waals surface area (Å²) in [5.41, 5.74) is -0.909.